The smallest absolute Gasteiger partial charge is 0.237 e. The van der Waals surface area contributed by atoms with E-state index >= 15 is 0 Å². The van der Waals surface area contributed by atoms with E-state index in [1.807, 2.05) is 39.0 Å². The highest BCUT2D eigenvalue weighted by atomic mass is 35.5. The fourth-order valence-electron chi connectivity index (χ4n) is 5.10. The molecule has 0 saturated heterocycles. The third kappa shape index (κ3) is 2.24. The minimum Gasteiger partial charge on any atom is -0.325 e. The molecule has 1 N–H and O–H groups in total. The second-order valence-corrected chi connectivity index (χ2v) is 9.05. The Hall–Kier alpha value is -2.96. The largest absolute Gasteiger partial charge is 0.325 e. The number of hydrogen-bond acceptors (Lipinski definition) is 5. The van der Waals surface area contributed by atoms with Gasteiger partial charge >= 0.3 is 0 Å². The number of benzene rings is 1. The lowest BCUT2D eigenvalue weighted by molar-refractivity contribution is -0.125. The van der Waals surface area contributed by atoms with Gasteiger partial charge in [0.1, 0.15) is 12.1 Å². The zero-order valence-corrected chi connectivity index (χ0v) is 17.5. The van der Waals surface area contributed by atoms with Crippen molar-refractivity contribution in [1.82, 2.24) is 9.97 Å². The summed E-state index contributed by atoms with van der Waals surface area (Å²) >= 11 is 6.13. The summed E-state index contributed by atoms with van der Waals surface area (Å²) in [5.41, 5.74) is 0.831. The highest BCUT2D eigenvalue weighted by Crippen LogP contribution is 2.70. The first-order valence-electron chi connectivity index (χ1n) is 9.43. The number of fused-ring (bicyclic) bond motifs is 5. The van der Waals surface area contributed by atoms with Gasteiger partial charge in [0.25, 0.3) is 0 Å². The van der Waals surface area contributed by atoms with Crippen LogP contribution in [0.4, 0.5) is 5.69 Å². The monoisotopic (exact) mass is 405 g/mol. The van der Waals surface area contributed by atoms with Crippen LogP contribution in [0, 0.1) is 35.0 Å². The van der Waals surface area contributed by atoms with Crippen LogP contribution in [-0.4, -0.2) is 15.9 Å². The first-order valence-corrected chi connectivity index (χ1v) is 9.81. The van der Waals surface area contributed by atoms with Gasteiger partial charge in [-0.1, -0.05) is 38.4 Å². The third-order valence-corrected chi connectivity index (χ3v) is 7.55. The minimum absolute atomic E-state index is 0.0112. The molecule has 2 aromatic rings. The number of aryl methyl sites for hydroxylation is 1. The summed E-state index contributed by atoms with van der Waals surface area (Å²) in [4.78, 5) is 22.8. The molecule has 7 heteroatoms. The van der Waals surface area contributed by atoms with E-state index in [0.717, 1.165) is 12.0 Å². The maximum absolute atomic E-state index is 13.8. The van der Waals surface area contributed by atoms with Crippen molar-refractivity contribution in [3.05, 3.63) is 51.6 Å². The average Bonchev–Trinajstić information content (AvgIpc) is 2.99. The third-order valence-electron chi connectivity index (χ3n) is 7.32. The highest BCUT2D eigenvalue weighted by Gasteiger charge is 2.73. The number of nitrogens with zero attached hydrogens (tertiary/aromatic N) is 4. The molecule has 1 fully saturated rings. The topological polar surface area (TPSA) is 102 Å². The van der Waals surface area contributed by atoms with E-state index in [1.165, 1.54) is 0 Å². The van der Waals surface area contributed by atoms with E-state index in [-0.39, 0.29) is 17.3 Å². The molecule has 1 aromatic carbocycles. The molecule has 146 valence electrons. The molecule has 0 radical (unpaired) electrons. The van der Waals surface area contributed by atoms with Crippen molar-refractivity contribution in [3.8, 4) is 12.1 Å². The van der Waals surface area contributed by atoms with Crippen LogP contribution >= 0.6 is 11.6 Å². The van der Waals surface area contributed by atoms with Crippen molar-refractivity contribution >= 4 is 23.2 Å². The average molecular weight is 406 g/mol. The molecule has 2 atom stereocenters. The van der Waals surface area contributed by atoms with E-state index in [9.17, 15) is 15.3 Å². The quantitative estimate of drug-likeness (QED) is 0.808. The first kappa shape index (κ1) is 19.4. The van der Waals surface area contributed by atoms with Crippen LogP contribution in [0.5, 0.6) is 0 Å². The fraction of sp³-hybridized carbons (Fsp3) is 0.409. The molecule has 2 unspecified atom stereocenters. The van der Waals surface area contributed by atoms with Gasteiger partial charge in [0.15, 0.2) is 11.4 Å². The second-order valence-electron chi connectivity index (χ2n) is 8.62. The Kier molecular flexibility index (Phi) is 4.02. The summed E-state index contributed by atoms with van der Waals surface area (Å²) in [6.07, 6.45) is 1.35. The molecule has 2 aliphatic rings. The maximum Gasteiger partial charge on any atom is 0.237 e. The summed E-state index contributed by atoms with van der Waals surface area (Å²) < 4.78 is 0. The Labute approximate surface area is 174 Å². The standard InChI is InChI=1S/C22H20ClN5O/c1-12-5-6-13(23)9-14(12)28-19(29)22-8-7-21(4,20(22,2)3)17-18(22)27-16(11-25)15(10-24)26-17/h5-6,9H,7-8H2,1-4H3,(H,28,29). The molecular formula is C22H20ClN5O. The van der Waals surface area contributed by atoms with Crippen molar-refractivity contribution < 1.29 is 4.79 Å². The predicted octanol–water partition coefficient (Wildman–Crippen LogP) is 4.15. The lowest BCUT2D eigenvalue weighted by atomic mass is 9.63. The SMILES string of the molecule is Cc1ccc(Cl)cc1NC(=O)C12CCC(C)(c3nc(C#N)c(C#N)nc31)C2(C)C. The van der Waals surface area contributed by atoms with Crippen molar-refractivity contribution in [2.75, 3.05) is 5.32 Å². The maximum atomic E-state index is 13.8. The highest BCUT2D eigenvalue weighted by molar-refractivity contribution is 6.31. The van der Waals surface area contributed by atoms with E-state index in [1.54, 1.807) is 12.1 Å². The molecule has 1 amide bonds. The van der Waals surface area contributed by atoms with Crippen molar-refractivity contribution in [2.45, 2.75) is 51.4 Å². The van der Waals surface area contributed by atoms with Crippen LogP contribution in [0.1, 0.15) is 62.0 Å². The Morgan fingerprint density at radius 1 is 1.10 bits per heavy atom. The number of carbonyl (C=O) groups excluding carboxylic acids is 1. The number of anilines is 1. The van der Waals surface area contributed by atoms with Crippen LogP contribution in [0.3, 0.4) is 0 Å². The van der Waals surface area contributed by atoms with Crippen molar-refractivity contribution in [3.63, 3.8) is 0 Å². The Morgan fingerprint density at radius 2 is 1.72 bits per heavy atom. The van der Waals surface area contributed by atoms with Crippen LogP contribution < -0.4 is 5.32 Å². The van der Waals surface area contributed by atoms with Gasteiger partial charge in [-0.25, -0.2) is 9.97 Å². The lowest BCUT2D eigenvalue weighted by Crippen LogP contribution is -2.48. The lowest BCUT2D eigenvalue weighted by Gasteiger charge is -2.39. The molecule has 29 heavy (non-hydrogen) atoms. The van der Waals surface area contributed by atoms with Gasteiger partial charge in [-0.3, -0.25) is 4.79 Å². The summed E-state index contributed by atoms with van der Waals surface area (Å²) in [6.45, 7) is 8.07. The number of rotatable bonds is 2. The van der Waals surface area contributed by atoms with Gasteiger partial charge in [-0.2, -0.15) is 10.5 Å². The summed E-state index contributed by atoms with van der Waals surface area (Å²) in [5.74, 6) is -0.182. The normalized spacial score (nSPS) is 25.8. The summed E-state index contributed by atoms with van der Waals surface area (Å²) in [5, 5.41) is 22.4. The van der Waals surface area contributed by atoms with Crippen molar-refractivity contribution in [2.24, 2.45) is 5.41 Å². The molecule has 2 aliphatic carbocycles. The Morgan fingerprint density at radius 3 is 2.34 bits per heavy atom. The molecular weight excluding hydrogens is 386 g/mol. The summed E-state index contributed by atoms with van der Waals surface area (Å²) in [7, 11) is 0. The zero-order chi connectivity index (χ0) is 21.2. The number of hydrogen-bond donors (Lipinski definition) is 1. The van der Waals surface area contributed by atoms with Gasteiger partial charge in [0, 0.05) is 16.1 Å². The molecule has 0 spiro atoms. The van der Waals surface area contributed by atoms with E-state index < -0.39 is 16.2 Å². The van der Waals surface area contributed by atoms with Crippen molar-refractivity contribution in [1.29, 1.82) is 10.5 Å². The van der Waals surface area contributed by atoms with Crippen LogP contribution in [0.15, 0.2) is 18.2 Å². The predicted molar refractivity (Wildman–Crippen MR) is 108 cm³/mol. The number of amides is 1. The number of nitrogens with one attached hydrogen (secondary N) is 1. The Balaban J connectivity index is 1.92. The van der Waals surface area contributed by atoms with Gasteiger partial charge in [-0.05, 0) is 42.9 Å². The molecule has 1 heterocycles. The molecule has 1 aromatic heterocycles. The number of halogens is 1. The number of aromatic nitrogens is 2. The Bertz CT molecular complexity index is 1160. The molecule has 2 bridgehead atoms. The van der Waals surface area contributed by atoms with Crippen LogP contribution in [0.25, 0.3) is 0 Å². The van der Waals surface area contributed by atoms with Gasteiger partial charge in [-0.15, -0.1) is 0 Å². The molecule has 1 saturated carbocycles. The van der Waals surface area contributed by atoms with Gasteiger partial charge < -0.3 is 5.32 Å². The number of nitriles is 2. The minimum atomic E-state index is -0.946. The van der Waals surface area contributed by atoms with Gasteiger partial charge in [0.2, 0.25) is 5.91 Å². The van der Waals surface area contributed by atoms with Crippen LogP contribution in [0.2, 0.25) is 5.02 Å². The fourth-order valence-corrected chi connectivity index (χ4v) is 5.27. The van der Waals surface area contributed by atoms with E-state index in [0.29, 0.717) is 28.5 Å². The first-order chi connectivity index (χ1) is 13.6. The van der Waals surface area contributed by atoms with Gasteiger partial charge in [0.05, 0.1) is 16.8 Å². The summed E-state index contributed by atoms with van der Waals surface area (Å²) in [6, 6.07) is 9.28. The zero-order valence-electron chi connectivity index (χ0n) is 16.7. The molecule has 4 rings (SSSR count). The van der Waals surface area contributed by atoms with E-state index in [2.05, 4.69) is 22.2 Å². The second kappa shape index (κ2) is 6.02. The van der Waals surface area contributed by atoms with E-state index in [4.69, 9.17) is 11.6 Å². The molecule has 0 aliphatic heterocycles. The van der Waals surface area contributed by atoms with Crippen LogP contribution in [-0.2, 0) is 15.6 Å². The number of carbonyl (C=O) groups is 1. The molecule has 6 nitrogen and oxygen atoms in total.